The zero-order chi connectivity index (χ0) is 28.5. The molecule has 0 aromatic carbocycles. The molecule has 226 valence electrons. The molecule has 0 atom stereocenters. The maximum atomic E-state index is 8.16. The van der Waals surface area contributed by atoms with Gasteiger partial charge in [0.05, 0.1) is 119 Å². The van der Waals surface area contributed by atoms with Gasteiger partial charge in [0.15, 0.2) is 0 Å². The zero-order valence-electron chi connectivity index (χ0n) is 23.3. The van der Waals surface area contributed by atoms with Crippen LogP contribution in [0.15, 0.2) is 22.9 Å². The molecule has 0 aliphatic carbocycles. The van der Waals surface area contributed by atoms with Crippen LogP contribution in [-0.2, 0) is 42.6 Å². The van der Waals surface area contributed by atoms with Crippen LogP contribution in [0.25, 0.3) is 20.9 Å². The van der Waals surface area contributed by atoms with Gasteiger partial charge in [0, 0.05) is 28.3 Å². The molecule has 0 aromatic heterocycles. The second kappa shape index (κ2) is 30.5. The van der Waals surface area contributed by atoms with Crippen LogP contribution in [0, 0.1) is 5.41 Å². The third kappa shape index (κ3) is 28.8. The molecule has 0 bridgehead atoms. The summed E-state index contributed by atoms with van der Waals surface area (Å²) in [7, 11) is 0. The minimum absolute atomic E-state index is 0.317. The molecule has 0 unspecified atom stereocenters. The van der Waals surface area contributed by atoms with Crippen molar-refractivity contribution in [2.45, 2.75) is 6.92 Å². The molecule has 0 saturated carbocycles. The van der Waals surface area contributed by atoms with E-state index in [1.54, 1.807) is 6.08 Å². The molecule has 0 aromatic rings. The van der Waals surface area contributed by atoms with E-state index in [4.69, 9.17) is 53.7 Å². The van der Waals surface area contributed by atoms with Crippen molar-refractivity contribution in [1.82, 2.24) is 0 Å². The van der Waals surface area contributed by atoms with E-state index in [-0.39, 0.29) is 5.41 Å². The number of ether oxygens (including phenoxy) is 9. The van der Waals surface area contributed by atoms with Crippen molar-refractivity contribution in [2.24, 2.45) is 15.6 Å². The van der Waals surface area contributed by atoms with E-state index in [0.29, 0.717) is 132 Å². The number of hydrogen-bond acceptors (Lipinski definition) is 11. The molecule has 0 spiro atoms. The molecular weight excluding hydrogens is 516 g/mol. The highest BCUT2D eigenvalue weighted by Crippen LogP contribution is 2.18. The van der Waals surface area contributed by atoms with Gasteiger partial charge in [-0.3, -0.25) is 0 Å². The molecule has 15 heteroatoms. The number of hydrogen-bond donors (Lipinski definition) is 0. The summed E-state index contributed by atoms with van der Waals surface area (Å²) in [6.45, 7) is 14.4. The predicted octanol–water partition coefficient (Wildman–Crippen LogP) is 2.95. The Balaban J connectivity index is 3.75. The average molecular weight is 563 g/mol. The van der Waals surface area contributed by atoms with Gasteiger partial charge in [-0.05, 0) is 11.1 Å². The first-order valence-electron chi connectivity index (χ1n) is 13.0. The Labute approximate surface area is 231 Å². The maximum absolute atomic E-state index is 8.16. The van der Waals surface area contributed by atoms with Crippen molar-refractivity contribution in [2.75, 3.05) is 132 Å². The highest BCUT2D eigenvalue weighted by molar-refractivity contribution is 4.75. The predicted molar refractivity (Wildman–Crippen MR) is 144 cm³/mol. The van der Waals surface area contributed by atoms with Crippen molar-refractivity contribution in [3.8, 4) is 0 Å². The van der Waals surface area contributed by atoms with E-state index in [2.05, 4.69) is 26.6 Å². The molecular formula is C24H46N6O9. The fourth-order valence-electron chi connectivity index (χ4n) is 2.77. The summed E-state index contributed by atoms with van der Waals surface area (Å²) in [6, 6.07) is 0. The van der Waals surface area contributed by atoms with E-state index in [1.807, 2.05) is 6.92 Å². The lowest BCUT2D eigenvalue weighted by Gasteiger charge is -2.29. The molecule has 0 aliphatic rings. The first kappa shape index (κ1) is 37.0. The van der Waals surface area contributed by atoms with Gasteiger partial charge in [0.2, 0.25) is 0 Å². The highest BCUT2D eigenvalue weighted by atomic mass is 16.6. The summed E-state index contributed by atoms with van der Waals surface area (Å²) >= 11 is 0. The minimum atomic E-state index is -0.327. The fraction of sp³-hybridized carbons (Fsp3) is 0.917. The zero-order valence-corrected chi connectivity index (χ0v) is 23.3. The summed E-state index contributed by atoms with van der Waals surface area (Å²) in [5.41, 5.74) is 16.0. The Morgan fingerprint density at radius 2 is 0.846 bits per heavy atom. The van der Waals surface area contributed by atoms with Gasteiger partial charge in [0.1, 0.15) is 0 Å². The van der Waals surface area contributed by atoms with Crippen molar-refractivity contribution in [3.63, 3.8) is 0 Å². The van der Waals surface area contributed by atoms with E-state index in [0.717, 1.165) is 0 Å². The van der Waals surface area contributed by atoms with Crippen LogP contribution in [0.3, 0.4) is 0 Å². The van der Waals surface area contributed by atoms with Gasteiger partial charge in [-0.2, -0.15) is 0 Å². The third-order valence-corrected chi connectivity index (χ3v) is 4.62. The topological polar surface area (TPSA) is 181 Å². The molecule has 0 heterocycles. The van der Waals surface area contributed by atoms with Crippen molar-refractivity contribution >= 4 is 0 Å². The molecule has 15 nitrogen and oxygen atoms in total. The summed E-state index contributed by atoms with van der Waals surface area (Å²) in [5.74, 6) is 0. The quantitative estimate of drug-likeness (QED) is 0.0391. The normalized spacial score (nSPS) is 12.4. The molecule has 0 amide bonds. The molecule has 0 aliphatic heterocycles. The lowest BCUT2D eigenvalue weighted by molar-refractivity contribution is -0.0743. The van der Waals surface area contributed by atoms with Gasteiger partial charge >= 0.3 is 0 Å². The van der Waals surface area contributed by atoms with Gasteiger partial charge < -0.3 is 42.6 Å². The number of nitrogens with zero attached hydrogens (tertiary/aromatic N) is 6. The molecule has 0 fully saturated rings. The van der Waals surface area contributed by atoms with E-state index in [1.165, 1.54) is 0 Å². The Morgan fingerprint density at radius 1 is 0.538 bits per heavy atom. The second-order valence-corrected chi connectivity index (χ2v) is 8.30. The molecule has 0 radical (unpaired) electrons. The smallest absolute Gasteiger partial charge is 0.0701 e. The number of rotatable bonds is 32. The van der Waals surface area contributed by atoms with E-state index >= 15 is 0 Å². The van der Waals surface area contributed by atoms with Gasteiger partial charge in [-0.25, -0.2) is 0 Å². The van der Waals surface area contributed by atoms with Crippen LogP contribution in [0.5, 0.6) is 0 Å². The summed E-state index contributed by atoms with van der Waals surface area (Å²) in [5, 5.41) is 6.76. The first-order valence-corrected chi connectivity index (χ1v) is 13.0. The van der Waals surface area contributed by atoms with Crippen LogP contribution in [0.4, 0.5) is 0 Å². The monoisotopic (exact) mass is 562 g/mol. The minimum Gasteiger partial charge on any atom is -0.379 e. The number of azide groups is 2. The first-order chi connectivity index (χ1) is 19.2. The summed E-state index contributed by atoms with van der Waals surface area (Å²) < 4.78 is 49.6. The van der Waals surface area contributed by atoms with E-state index < -0.39 is 0 Å². The van der Waals surface area contributed by atoms with Crippen LogP contribution in [0.1, 0.15) is 6.92 Å². The van der Waals surface area contributed by atoms with Crippen molar-refractivity contribution in [3.05, 3.63) is 33.5 Å². The highest BCUT2D eigenvalue weighted by Gasteiger charge is 2.25. The fourth-order valence-corrected chi connectivity index (χ4v) is 2.77. The van der Waals surface area contributed by atoms with Crippen molar-refractivity contribution < 1.29 is 42.6 Å². The molecule has 0 saturated heterocycles. The molecule has 39 heavy (non-hydrogen) atoms. The Kier molecular flexibility index (Phi) is 29.0. The van der Waals surface area contributed by atoms with Crippen LogP contribution >= 0.6 is 0 Å². The van der Waals surface area contributed by atoms with Gasteiger partial charge in [-0.15, -0.1) is 6.58 Å². The van der Waals surface area contributed by atoms with Crippen LogP contribution in [0.2, 0.25) is 0 Å². The van der Waals surface area contributed by atoms with Crippen molar-refractivity contribution in [1.29, 1.82) is 0 Å². The largest absolute Gasteiger partial charge is 0.379 e. The van der Waals surface area contributed by atoms with Gasteiger partial charge in [0.25, 0.3) is 0 Å². The summed E-state index contributed by atoms with van der Waals surface area (Å²) in [6.07, 6.45) is 1.71. The molecule has 0 N–H and O–H groups in total. The maximum Gasteiger partial charge on any atom is 0.0701 e. The van der Waals surface area contributed by atoms with Crippen LogP contribution < -0.4 is 0 Å². The lowest BCUT2D eigenvalue weighted by Crippen LogP contribution is -2.35. The average Bonchev–Trinajstić information content (AvgIpc) is 2.93. The molecule has 0 rings (SSSR count). The van der Waals surface area contributed by atoms with E-state index in [9.17, 15) is 0 Å². The lowest BCUT2D eigenvalue weighted by atomic mass is 9.94. The third-order valence-electron chi connectivity index (χ3n) is 4.62. The Hall–Kier alpha value is -2.00. The SMILES string of the molecule is C=CCOCC(C)(COCCOCCOCCOCCN=[N+]=[N-])COCCOCCOCCOCCN=[N+]=[N-]. The van der Waals surface area contributed by atoms with Gasteiger partial charge in [-0.1, -0.05) is 23.2 Å². The Bertz CT molecular complexity index is 606. The second-order valence-electron chi connectivity index (χ2n) is 8.30. The van der Waals surface area contributed by atoms with Crippen LogP contribution in [-0.4, -0.2) is 132 Å². The summed E-state index contributed by atoms with van der Waals surface area (Å²) in [4.78, 5) is 5.30. The standard InChI is InChI=1S/C24H46N6O9/c1-3-6-37-21-24(2,22-38-19-17-35-15-13-33-11-9-31-7-4-27-29-25)23-39-20-18-36-16-14-34-12-10-32-8-5-28-30-26/h3H,1,4-23H2,2H3. The Morgan fingerprint density at radius 3 is 1.18 bits per heavy atom.